The summed E-state index contributed by atoms with van der Waals surface area (Å²) in [5, 5.41) is 19.8. The predicted molar refractivity (Wildman–Crippen MR) is 72.9 cm³/mol. The Balaban J connectivity index is 2.15. The van der Waals surface area contributed by atoms with E-state index in [-0.39, 0.29) is 10.9 Å². The first-order valence-electron chi connectivity index (χ1n) is 5.84. The molecule has 2 unspecified atom stereocenters. The fraction of sp³-hybridized carbons (Fsp3) is 0.385. The van der Waals surface area contributed by atoms with Gasteiger partial charge >= 0.3 is 0 Å². The van der Waals surface area contributed by atoms with Crippen molar-refractivity contribution in [2.24, 2.45) is 0 Å². The molecule has 2 N–H and O–H groups in total. The number of aromatic nitrogens is 1. The van der Waals surface area contributed by atoms with Crippen molar-refractivity contribution in [3.8, 4) is 0 Å². The fourth-order valence-corrected chi connectivity index (χ4v) is 2.34. The number of thioether (sulfide) groups is 1. The first-order valence-corrected chi connectivity index (χ1v) is 6.82. The highest BCUT2D eigenvalue weighted by Gasteiger charge is 2.20. The van der Waals surface area contributed by atoms with Gasteiger partial charge in [-0.1, -0.05) is 17.8 Å². The van der Waals surface area contributed by atoms with Gasteiger partial charge in [0.25, 0.3) is 0 Å². The molecule has 2 rings (SSSR count). The molecule has 0 aliphatic heterocycles. The topological polar surface area (TPSA) is 83.6 Å². The minimum absolute atomic E-state index is 0.0902. The first kappa shape index (κ1) is 14.0. The zero-order valence-corrected chi connectivity index (χ0v) is 11.5. The second-order valence-corrected chi connectivity index (χ2v) is 5.47. The van der Waals surface area contributed by atoms with Crippen LogP contribution in [0.5, 0.6) is 0 Å². The Kier molecular flexibility index (Phi) is 4.24. The van der Waals surface area contributed by atoms with Gasteiger partial charge in [-0.05, 0) is 17.7 Å². The van der Waals surface area contributed by atoms with Crippen molar-refractivity contribution in [3.63, 3.8) is 0 Å². The highest BCUT2D eigenvalue weighted by molar-refractivity contribution is 8.13. The van der Waals surface area contributed by atoms with Crippen molar-refractivity contribution >= 4 is 28.0 Å². The number of hydrogen-bond acceptors (Lipinski definition) is 6. The molecule has 2 atom stereocenters. The quantitative estimate of drug-likeness (QED) is 0.889. The summed E-state index contributed by atoms with van der Waals surface area (Å²) in [4.78, 5) is 15.0. The minimum atomic E-state index is -1.05. The van der Waals surface area contributed by atoms with Gasteiger partial charge in [0.05, 0.1) is 6.10 Å². The molecule has 5 nitrogen and oxygen atoms in total. The van der Waals surface area contributed by atoms with Crippen LogP contribution in [0.2, 0.25) is 0 Å². The molecule has 0 aliphatic carbocycles. The van der Waals surface area contributed by atoms with Gasteiger partial charge in [0, 0.05) is 19.6 Å². The Morgan fingerprint density at radius 3 is 2.89 bits per heavy atom. The van der Waals surface area contributed by atoms with E-state index in [1.807, 2.05) is 0 Å². The minimum Gasteiger partial charge on any atom is -0.441 e. The molecule has 0 aliphatic rings. The summed E-state index contributed by atoms with van der Waals surface area (Å²) < 4.78 is 5.37. The molecule has 1 heterocycles. The van der Waals surface area contributed by atoms with E-state index in [4.69, 9.17) is 4.42 Å². The van der Waals surface area contributed by atoms with Gasteiger partial charge < -0.3 is 14.6 Å². The normalized spacial score (nSPS) is 14.5. The molecule has 6 heteroatoms. The van der Waals surface area contributed by atoms with E-state index in [9.17, 15) is 15.0 Å². The fourth-order valence-electron chi connectivity index (χ4n) is 1.76. The molecular weight excluding hydrogens is 266 g/mol. The number of nitrogens with zero attached hydrogens (tertiary/aromatic N) is 1. The van der Waals surface area contributed by atoms with Crippen molar-refractivity contribution in [1.82, 2.24) is 4.98 Å². The van der Waals surface area contributed by atoms with Crippen molar-refractivity contribution < 1.29 is 19.4 Å². The van der Waals surface area contributed by atoms with Gasteiger partial charge in [0.2, 0.25) is 0 Å². The molecule has 1 aromatic carbocycles. The molecule has 0 bridgehead atoms. The maximum Gasteiger partial charge on any atom is 0.192 e. The Morgan fingerprint density at radius 1 is 1.47 bits per heavy atom. The molecule has 2 aromatic rings. The van der Waals surface area contributed by atoms with Crippen LogP contribution in [0.15, 0.2) is 22.6 Å². The predicted octanol–water partition coefficient (Wildman–Crippen LogP) is 1.81. The number of rotatable bonds is 4. The third kappa shape index (κ3) is 3.34. The Hall–Kier alpha value is -1.37. The van der Waals surface area contributed by atoms with E-state index in [0.717, 1.165) is 11.8 Å². The second-order valence-electron chi connectivity index (χ2n) is 4.27. The summed E-state index contributed by atoms with van der Waals surface area (Å²) in [5.41, 5.74) is 1.82. The molecule has 19 heavy (non-hydrogen) atoms. The van der Waals surface area contributed by atoms with E-state index in [2.05, 4.69) is 4.98 Å². The average Bonchev–Trinajstić information content (AvgIpc) is 2.73. The van der Waals surface area contributed by atoms with Crippen molar-refractivity contribution in [1.29, 1.82) is 0 Å². The molecule has 0 amide bonds. The third-order valence-electron chi connectivity index (χ3n) is 2.68. The molecule has 0 spiro atoms. The lowest BCUT2D eigenvalue weighted by Crippen LogP contribution is -2.21. The van der Waals surface area contributed by atoms with Crippen LogP contribution in [0.1, 0.15) is 24.5 Å². The monoisotopic (exact) mass is 281 g/mol. The third-order valence-corrected chi connectivity index (χ3v) is 3.60. The van der Waals surface area contributed by atoms with Crippen LogP contribution in [0.4, 0.5) is 0 Å². The van der Waals surface area contributed by atoms with Crippen LogP contribution in [0.3, 0.4) is 0 Å². The number of fused-ring (bicyclic) bond motifs is 1. The smallest absolute Gasteiger partial charge is 0.192 e. The molecule has 0 saturated heterocycles. The summed E-state index contributed by atoms with van der Waals surface area (Å²) in [6.45, 7) is 3.17. The molecule has 0 radical (unpaired) electrons. The molecule has 0 saturated carbocycles. The summed E-state index contributed by atoms with van der Waals surface area (Å²) in [7, 11) is 0. The first-order chi connectivity index (χ1) is 8.97. The summed E-state index contributed by atoms with van der Waals surface area (Å²) in [6, 6.07) is 5.08. The van der Waals surface area contributed by atoms with Gasteiger partial charge in [-0.25, -0.2) is 4.98 Å². The molecular formula is C13H15NO4S. The van der Waals surface area contributed by atoms with Crippen molar-refractivity contribution in [3.05, 3.63) is 29.7 Å². The number of hydrogen-bond donors (Lipinski definition) is 2. The largest absolute Gasteiger partial charge is 0.441 e. The van der Waals surface area contributed by atoms with Gasteiger partial charge in [0.1, 0.15) is 11.6 Å². The van der Waals surface area contributed by atoms with Gasteiger partial charge in [-0.15, -0.1) is 0 Å². The van der Waals surface area contributed by atoms with Crippen LogP contribution >= 0.6 is 11.8 Å². The second kappa shape index (κ2) is 5.73. The van der Waals surface area contributed by atoms with Crippen molar-refractivity contribution in [2.75, 3.05) is 5.75 Å². The van der Waals surface area contributed by atoms with Gasteiger partial charge in [0.15, 0.2) is 16.6 Å². The van der Waals surface area contributed by atoms with Gasteiger partial charge in [-0.3, -0.25) is 4.79 Å². The summed E-state index contributed by atoms with van der Waals surface area (Å²) in [5.74, 6) is 0.707. The molecule has 0 fully saturated rings. The number of carbonyl (C=O) groups excluding carboxylic acids is 1. The van der Waals surface area contributed by atoms with E-state index < -0.39 is 12.2 Å². The van der Waals surface area contributed by atoms with Crippen LogP contribution in [-0.4, -0.2) is 32.2 Å². The molecule has 1 aromatic heterocycles. The van der Waals surface area contributed by atoms with E-state index in [1.54, 1.807) is 25.1 Å². The summed E-state index contributed by atoms with van der Waals surface area (Å²) >= 11 is 0.985. The average molecular weight is 281 g/mol. The number of oxazole rings is 1. The van der Waals surface area contributed by atoms with Crippen LogP contribution in [0, 0.1) is 6.92 Å². The lowest BCUT2D eigenvalue weighted by atomic mass is 10.1. The number of aryl methyl sites for hydroxylation is 1. The standard InChI is InChI=1S/C13H15NO4S/c1-7-14-10-4-3-9(5-12(10)18-7)13(17)11(16)6-19-8(2)15/h3-5,11,13,16-17H,6H2,1-2H3. The number of aliphatic hydroxyl groups excluding tert-OH is 2. The maximum absolute atomic E-state index is 10.8. The number of benzene rings is 1. The van der Waals surface area contributed by atoms with E-state index in [0.29, 0.717) is 22.6 Å². The zero-order chi connectivity index (χ0) is 14.0. The van der Waals surface area contributed by atoms with E-state index in [1.165, 1.54) is 6.92 Å². The lowest BCUT2D eigenvalue weighted by molar-refractivity contribution is -0.109. The zero-order valence-electron chi connectivity index (χ0n) is 10.7. The lowest BCUT2D eigenvalue weighted by Gasteiger charge is -2.17. The number of carbonyl (C=O) groups is 1. The highest BCUT2D eigenvalue weighted by Crippen LogP contribution is 2.24. The van der Waals surface area contributed by atoms with E-state index >= 15 is 0 Å². The van der Waals surface area contributed by atoms with Gasteiger partial charge in [-0.2, -0.15) is 0 Å². The van der Waals surface area contributed by atoms with Crippen molar-refractivity contribution in [2.45, 2.75) is 26.1 Å². The van der Waals surface area contributed by atoms with Crippen LogP contribution in [0.25, 0.3) is 11.1 Å². The highest BCUT2D eigenvalue weighted by atomic mass is 32.2. The van der Waals surface area contributed by atoms with Crippen LogP contribution < -0.4 is 0 Å². The van der Waals surface area contributed by atoms with Crippen LogP contribution in [-0.2, 0) is 4.79 Å². The Bertz CT molecular complexity index is 595. The Morgan fingerprint density at radius 2 is 2.21 bits per heavy atom. The maximum atomic E-state index is 10.8. The number of aliphatic hydroxyl groups is 2. The molecule has 102 valence electrons. The Labute approximate surface area is 114 Å². The summed E-state index contributed by atoms with van der Waals surface area (Å²) in [6.07, 6.45) is -2.06. The SMILES string of the molecule is CC(=O)SCC(O)C(O)c1ccc2nc(C)oc2c1.